The van der Waals surface area contributed by atoms with E-state index in [1.54, 1.807) is 18.2 Å². The molecule has 4 heteroatoms. The number of rotatable bonds is 5. The second-order valence-electron chi connectivity index (χ2n) is 5.87. The topological polar surface area (TPSA) is 55.1 Å². The maximum atomic E-state index is 12.6. The molecule has 3 rings (SSSR count). The third-order valence-electron chi connectivity index (χ3n) is 4.06. The minimum Gasteiger partial charge on any atom is -0.399 e. The van der Waals surface area contributed by atoms with Crippen LogP contribution in [0.1, 0.15) is 23.5 Å². The largest absolute Gasteiger partial charge is 0.399 e. The normalized spacial score (nSPS) is 10.6. The van der Waals surface area contributed by atoms with Crippen LogP contribution in [0.4, 0.5) is 11.4 Å². The molecule has 0 aromatic heterocycles. The third kappa shape index (κ3) is 4.40. The number of anilines is 2. The fraction of sp³-hybridized carbons (Fsp3) is 0.0952. The van der Waals surface area contributed by atoms with Crippen LogP contribution in [0.2, 0.25) is 5.02 Å². The molecule has 0 heterocycles. The SMILES string of the molecule is Nc1ccc(Cl)c(NC(=O)CC(c2ccccc2)c2ccccc2)c1. The number of amides is 1. The number of carbonyl (C=O) groups excluding carboxylic acids is 1. The van der Waals surface area contributed by atoms with Gasteiger partial charge in [-0.3, -0.25) is 4.79 Å². The van der Waals surface area contributed by atoms with E-state index in [9.17, 15) is 4.79 Å². The predicted octanol–water partition coefficient (Wildman–Crippen LogP) is 5.08. The van der Waals surface area contributed by atoms with Crippen molar-refractivity contribution >= 4 is 28.9 Å². The van der Waals surface area contributed by atoms with Gasteiger partial charge in [0.1, 0.15) is 0 Å². The zero-order chi connectivity index (χ0) is 17.6. The van der Waals surface area contributed by atoms with Gasteiger partial charge in [0.05, 0.1) is 10.7 Å². The van der Waals surface area contributed by atoms with Crippen molar-refractivity contribution in [2.75, 3.05) is 11.1 Å². The summed E-state index contributed by atoms with van der Waals surface area (Å²) >= 11 is 6.14. The van der Waals surface area contributed by atoms with Crippen molar-refractivity contribution in [2.24, 2.45) is 0 Å². The minimum absolute atomic E-state index is 0.0257. The minimum atomic E-state index is -0.106. The lowest BCUT2D eigenvalue weighted by atomic mass is 9.88. The van der Waals surface area contributed by atoms with Crippen LogP contribution in [0, 0.1) is 0 Å². The fourth-order valence-corrected chi connectivity index (χ4v) is 2.99. The summed E-state index contributed by atoms with van der Waals surface area (Å²) < 4.78 is 0. The van der Waals surface area contributed by atoms with Gasteiger partial charge in [-0.2, -0.15) is 0 Å². The summed E-state index contributed by atoms with van der Waals surface area (Å²) in [7, 11) is 0. The monoisotopic (exact) mass is 350 g/mol. The van der Waals surface area contributed by atoms with Gasteiger partial charge < -0.3 is 11.1 Å². The van der Waals surface area contributed by atoms with Gasteiger partial charge in [0.15, 0.2) is 0 Å². The number of nitrogens with one attached hydrogen (secondary N) is 1. The lowest BCUT2D eigenvalue weighted by molar-refractivity contribution is -0.116. The first-order valence-electron chi connectivity index (χ1n) is 8.08. The van der Waals surface area contributed by atoms with E-state index in [2.05, 4.69) is 5.32 Å². The van der Waals surface area contributed by atoms with E-state index in [-0.39, 0.29) is 11.8 Å². The zero-order valence-electron chi connectivity index (χ0n) is 13.7. The Morgan fingerprint density at radius 1 is 0.920 bits per heavy atom. The lowest BCUT2D eigenvalue weighted by Crippen LogP contribution is -2.17. The van der Waals surface area contributed by atoms with Crippen molar-refractivity contribution in [3.8, 4) is 0 Å². The number of benzene rings is 3. The first-order chi connectivity index (χ1) is 12.1. The highest BCUT2D eigenvalue weighted by Gasteiger charge is 2.18. The first-order valence-corrected chi connectivity index (χ1v) is 8.46. The number of nitrogens with two attached hydrogens (primary N) is 1. The summed E-state index contributed by atoms with van der Waals surface area (Å²) in [6, 6.07) is 25.1. The molecular formula is C21H19ClN2O. The molecule has 1 amide bonds. The molecule has 0 atom stereocenters. The molecule has 126 valence electrons. The van der Waals surface area contributed by atoms with E-state index in [1.807, 2.05) is 60.7 Å². The summed E-state index contributed by atoms with van der Waals surface area (Å²) in [4.78, 5) is 12.6. The van der Waals surface area contributed by atoms with Crippen LogP contribution >= 0.6 is 11.6 Å². The lowest BCUT2D eigenvalue weighted by Gasteiger charge is -2.18. The zero-order valence-corrected chi connectivity index (χ0v) is 14.4. The summed E-state index contributed by atoms with van der Waals surface area (Å²) in [5.74, 6) is -0.132. The van der Waals surface area contributed by atoms with Crippen molar-refractivity contribution in [3.05, 3.63) is 95.0 Å². The number of hydrogen-bond acceptors (Lipinski definition) is 2. The summed E-state index contributed by atoms with van der Waals surface area (Å²) in [5, 5.41) is 3.34. The van der Waals surface area contributed by atoms with Crippen LogP contribution in [0.3, 0.4) is 0 Å². The average Bonchev–Trinajstić information content (AvgIpc) is 2.64. The van der Waals surface area contributed by atoms with E-state index in [0.717, 1.165) is 11.1 Å². The smallest absolute Gasteiger partial charge is 0.225 e. The Morgan fingerprint density at radius 2 is 1.48 bits per heavy atom. The standard InChI is InChI=1S/C21H19ClN2O/c22-19-12-11-17(23)13-20(19)24-21(25)14-18(15-7-3-1-4-8-15)16-9-5-2-6-10-16/h1-13,18H,14,23H2,(H,24,25). The van der Waals surface area contributed by atoms with Crippen molar-refractivity contribution < 1.29 is 4.79 Å². The molecule has 3 aromatic carbocycles. The van der Waals surface area contributed by atoms with E-state index in [4.69, 9.17) is 17.3 Å². The molecule has 25 heavy (non-hydrogen) atoms. The van der Waals surface area contributed by atoms with E-state index < -0.39 is 0 Å². The van der Waals surface area contributed by atoms with Crippen molar-refractivity contribution in [1.29, 1.82) is 0 Å². The quantitative estimate of drug-likeness (QED) is 0.630. The van der Waals surface area contributed by atoms with Gasteiger partial charge >= 0.3 is 0 Å². The third-order valence-corrected chi connectivity index (χ3v) is 4.39. The summed E-state index contributed by atoms with van der Waals surface area (Å²) in [6.07, 6.45) is 0.319. The van der Waals surface area contributed by atoms with Crippen LogP contribution < -0.4 is 11.1 Å². The molecule has 0 saturated carbocycles. The Bertz CT molecular complexity index is 811. The molecule has 0 saturated heterocycles. The molecule has 3 nitrogen and oxygen atoms in total. The highest BCUT2D eigenvalue weighted by atomic mass is 35.5. The Labute approximate surface area is 152 Å². The van der Waals surface area contributed by atoms with Gasteiger partial charge in [-0.25, -0.2) is 0 Å². The second kappa shape index (κ2) is 7.86. The molecule has 0 aliphatic carbocycles. The second-order valence-corrected chi connectivity index (χ2v) is 6.27. The van der Waals surface area contributed by atoms with E-state index in [1.165, 1.54) is 0 Å². The number of nitrogen functional groups attached to an aromatic ring is 1. The highest BCUT2D eigenvalue weighted by Crippen LogP contribution is 2.29. The van der Waals surface area contributed by atoms with Gasteiger partial charge in [-0.1, -0.05) is 72.3 Å². The van der Waals surface area contributed by atoms with Crippen LogP contribution in [-0.2, 0) is 4.79 Å². The Hall–Kier alpha value is -2.78. The first kappa shape index (κ1) is 17.1. The van der Waals surface area contributed by atoms with Gasteiger partial charge in [0, 0.05) is 18.0 Å². The molecule has 0 aliphatic heterocycles. The van der Waals surface area contributed by atoms with E-state index >= 15 is 0 Å². The maximum Gasteiger partial charge on any atom is 0.225 e. The molecule has 0 aliphatic rings. The summed E-state index contributed by atoms with van der Waals surface area (Å²) in [5.41, 5.74) is 9.07. The van der Waals surface area contributed by atoms with Crippen molar-refractivity contribution in [2.45, 2.75) is 12.3 Å². The Balaban J connectivity index is 1.83. The predicted molar refractivity (Wildman–Crippen MR) is 104 cm³/mol. The molecule has 0 fully saturated rings. The van der Waals surface area contributed by atoms with Crippen LogP contribution in [0.25, 0.3) is 0 Å². The molecule has 0 radical (unpaired) electrons. The van der Waals surface area contributed by atoms with Crippen LogP contribution in [-0.4, -0.2) is 5.91 Å². The molecule has 0 unspecified atom stereocenters. The number of carbonyl (C=O) groups is 1. The van der Waals surface area contributed by atoms with Gasteiger partial charge in [-0.05, 0) is 29.3 Å². The van der Waals surface area contributed by atoms with Gasteiger partial charge in [0.2, 0.25) is 5.91 Å². The van der Waals surface area contributed by atoms with Crippen LogP contribution in [0.15, 0.2) is 78.9 Å². The molecule has 0 spiro atoms. The molecular weight excluding hydrogens is 332 g/mol. The molecule has 0 bridgehead atoms. The van der Waals surface area contributed by atoms with Crippen molar-refractivity contribution in [1.82, 2.24) is 0 Å². The Morgan fingerprint density at radius 3 is 2.04 bits per heavy atom. The average molecular weight is 351 g/mol. The molecule has 3 N–H and O–H groups in total. The number of hydrogen-bond donors (Lipinski definition) is 2. The fourth-order valence-electron chi connectivity index (χ4n) is 2.82. The van der Waals surface area contributed by atoms with Crippen molar-refractivity contribution in [3.63, 3.8) is 0 Å². The maximum absolute atomic E-state index is 12.6. The summed E-state index contributed by atoms with van der Waals surface area (Å²) in [6.45, 7) is 0. The number of halogens is 1. The van der Waals surface area contributed by atoms with Gasteiger partial charge in [-0.15, -0.1) is 0 Å². The van der Waals surface area contributed by atoms with Gasteiger partial charge in [0.25, 0.3) is 0 Å². The van der Waals surface area contributed by atoms with E-state index in [0.29, 0.717) is 22.8 Å². The molecule has 3 aromatic rings. The Kier molecular flexibility index (Phi) is 5.36. The van der Waals surface area contributed by atoms with Crippen LogP contribution in [0.5, 0.6) is 0 Å². The highest BCUT2D eigenvalue weighted by molar-refractivity contribution is 6.33.